The first-order valence-corrected chi connectivity index (χ1v) is 9.12. The summed E-state index contributed by atoms with van der Waals surface area (Å²) in [6.45, 7) is 3.75. The van der Waals surface area contributed by atoms with E-state index >= 15 is 0 Å². The van der Waals surface area contributed by atoms with Gasteiger partial charge in [0.2, 0.25) is 11.8 Å². The highest BCUT2D eigenvalue weighted by atomic mass is 16.5. The first-order chi connectivity index (χ1) is 14.4. The summed E-state index contributed by atoms with van der Waals surface area (Å²) in [6.07, 6.45) is 1.17. The predicted octanol–water partition coefficient (Wildman–Crippen LogP) is 2.34. The van der Waals surface area contributed by atoms with Gasteiger partial charge in [0.25, 0.3) is 5.56 Å². The highest BCUT2D eigenvalue weighted by Crippen LogP contribution is 2.20. The lowest BCUT2D eigenvalue weighted by Gasteiger charge is -2.10. The zero-order chi connectivity index (χ0) is 21.7. The van der Waals surface area contributed by atoms with Crippen molar-refractivity contribution < 1.29 is 14.6 Å². The summed E-state index contributed by atoms with van der Waals surface area (Å²) in [5, 5.41) is 13.2. The minimum Gasteiger partial charge on any atom is -0.494 e. The Morgan fingerprint density at radius 2 is 1.83 bits per heavy atom. The molecule has 30 heavy (non-hydrogen) atoms. The number of nitrogens with one attached hydrogen (secondary N) is 2. The van der Waals surface area contributed by atoms with E-state index in [4.69, 9.17) is 4.74 Å². The first kappa shape index (κ1) is 20.6. The molecule has 154 valence electrons. The highest BCUT2D eigenvalue weighted by molar-refractivity contribution is 5.89. The van der Waals surface area contributed by atoms with Crippen molar-refractivity contribution in [3.63, 3.8) is 0 Å². The van der Waals surface area contributed by atoms with E-state index in [9.17, 15) is 19.5 Å². The van der Waals surface area contributed by atoms with Crippen molar-refractivity contribution in [1.29, 1.82) is 0 Å². The molecule has 3 N–H and O–H groups in total. The second-order valence-corrected chi connectivity index (χ2v) is 6.25. The zero-order valence-electron chi connectivity index (χ0n) is 16.4. The maximum Gasteiger partial charge on any atom is 0.335 e. The Kier molecular flexibility index (Phi) is 6.11. The van der Waals surface area contributed by atoms with Crippen LogP contribution in [0.3, 0.4) is 0 Å². The third-order valence-electron chi connectivity index (χ3n) is 4.06. The number of benzene rings is 2. The summed E-state index contributed by atoms with van der Waals surface area (Å²) in [5.41, 5.74) is -0.273. The number of aliphatic imine (C=N–C) groups is 1. The van der Waals surface area contributed by atoms with Gasteiger partial charge in [-0.25, -0.2) is 9.36 Å². The number of nitrogens with zero attached hydrogens (tertiary/aromatic N) is 2. The van der Waals surface area contributed by atoms with Crippen molar-refractivity contribution >= 4 is 23.5 Å². The van der Waals surface area contributed by atoms with Gasteiger partial charge in [-0.3, -0.25) is 19.6 Å². The predicted molar refractivity (Wildman–Crippen MR) is 113 cm³/mol. The Morgan fingerprint density at radius 1 is 1.17 bits per heavy atom. The molecule has 2 aromatic carbocycles. The molecule has 0 spiro atoms. The lowest BCUT2D eigenvalue weighted by Crippen LogP contribution is -2.31. The number of aromatic amines is 1. The smallest absolute Gasteiger partial charge is 0.335 e. The fourth-order valence-electron chi connectivity index (χ4n) is 2.73. The van der Waals surface area contributed by atoms with Crippen LogP contribution in [0, 0.1) is 0 Å². The van der Waals surface area contributed by atoms with Gasteiger partial charge in [-0.15, -0.1) is 0 Å². The van der Waals surface area contributed by atoms with E-state index in [1.165, 1.54) is 13.1 Å². The molecule has 0 aliphatic carbocycles. The molecule has 0 radical (unpaired) electrons. The molecule has 0 aliphatic heterocycles. The van der Waals surface area contributed by atoms with Crippen molar-refractivity contribution in [3.8, 4) is 17.3 Å². The molecular formula is C21H20N4O5. The van der Waals surface area contributed by atoms with E-state index in [2.05, 4.69) is 15.3 Å². The summed E-state index contributed by atoms with van der Waals surface area (Å²) < 4.78 is 6.34. The van der Waals surface area contributed by atoms with E-state index in [0.717, 1.165) is 4.57 Å². The van der Waals surface area contributed by atoms with Crippen LogP contribution < -0.4 is 21.3 Å². The van der Waals surface area contributed by atoms with Crippen LogP contribution in [0.25, 0.3) is 5.69 Å². The van der Waals surface area contributed by atoms with Crippen LogP contribution >= 0.6 is 0 Å². The molecule has 1 heterocycles. The number of amides is 1. The average Bonchev–Trinajstić information content (AvgIpc) is 2.70. The molecule has 0 bridgehead atoms. The Labute approximate surface area is 171 Å². The molecule has 3 aromatic rings. The number of H-pyrrole nitrogens is 1. The second-order valence-electron chi connectivity index (χ2n) is 6.25. The molecule has 1 aromatic heterocycles. The van der Waals surface area contributed by atoms with Gasteiger partial charge in [-0.2, -0.15) is 0 Å². The molecule has 1 amide bonds. The Hall–Kier alpha value is -4.14. The quantitative estimate of drug-likeness (QED) is 0.540. The van der Waals surface area contributed by atoms with Crippen LogP contribution in [0.15, 0.2) is 63.1 Å². The van der Waals surface area contributed by atoms with Gasteiger partial charge in [-0.1, -0.05) is 0 Å². The van der Waals surface area contributed by atoms with Crippen molar-refractivity contribution in [2.24, 2.45) is 4.99 Å². The number of aromatic hydroxyl groups is 1. The summed E-state index contributed by atoms with van der Waals surface area (Å²) in [7, 11) is 0. The van der Waals surface area contributed by atoms with Gasteiger partial charge >= 0.3 is 5.69 Å². The van der Waals surface area contributed by atoms with Gasteiger partial charge in [0.15, 0.2) is 0 Å². The van der Waals surface area contributed by atoms with Crippen LogP contribution in [0.2, 0.25) is 0 Å². The number of hydrogen-bond donors (Lipinski definition) is 3. The number of carbonyl (C=O) groups excluding carboxylic acids is 1. The van der Waals surface area contributed by atoms with E-state index in [0.29, 0.717) is 29.4 Å². The van der Waals surface area contributed by atoms with Crippen molar-refractivity contribution in [3.05, 3.63) is 74.9 Å². The monoisotopic (exact) mass is 408 g/mol. The minimum atomic E-state index is -0.779. The fourth-order valence-corrected chi connectivity index (χ4v) is 2.73. The van der Waals surface area contributed by atoms with Crippen LogP contribution in [0.1, 0.15) is 19.4 Å². The minimum absolute atomic E-state index is 0.172. The third kappa shape index (κ3) is 4.64. The Bertz CT molecular complexity index is 1190. The SMILES string of the molecule is CCOc1ccc(-n2c(O)c(C=Nc3ccc(NC(C)=O)cc3)c(=O)[nH]c2=O)cc1. The van der Waals surface area contributed by atoms with Gasteiger partial charge in [0.1, 0.15) is 11.3 Å². The van der Waals surface area contributed by atoms with Crippen LogP contribution in [-0.4, -0.2) is 33.4 Å². The van der Waals surface area contributed by atoms with E-state index in [-0.39, 0.29) is 11.5 Å². The molecule has 3 rings (SSSR count). The summed E-state index contributed by atoms with van der Waals surface area (Å²) in [6, 6.07) is 13.1. The number of anilines is 1. The van der Waals surface area contributed by atoms with Crippen LogP contribution in [-0.2, 0) is 4.79 Å². The normalized spacial score (nSPS) is 10.9. The maximum atomic E-state index is 12.3. The fraction of sp³-hybridized carbons (Fsp3) is 0.143. The highest BCUT2D eigenvalue weighted by Gasteiger charge is 2.14. The van der Waals surface area contributed by atoms with Gasteiger partial charge in [-0.05, 0) is 55.5 Å². The molecule has 0 saturated carbocycles. The number of carbonyl (C=O) groups is 1. The lowest BCUT2D eigenvalue weighted by atomic mass is 10.2. The van der Waals surface area contributed by atoms with Crippen LogP contribution in [0.5, 0.6) is 11.6 Å². The average molecular weight is 408 g/mol. The number of rotatable bonds is 6. The zero-order valence-corrected chi connectivity index (χ0v) is 16.4. The second kappa shape index (κ2) is 8.91. The molecular weight excluding hydrogens is 388 g/mol. The molecule has 0 fully saturated rings. The number of ether oxygens (including phenoxy) is 1. The largest absolute Gasteiger partial charge is 0.494 e. The number of hydrogen-bond acceptors (Lipinski definition) is 6. The Balaban J connectivity index is 1.95. The molecule has 0 unspecified atom stereocenters. The Morgan fingerprint density at radius 3 is 2.43 bits per heavy atom. The van der Waals surface area contributed by atoms with E-state index < -0.39 is 17.1 Å². The van der Waals surface area contributed by atoms with Crippen molar-refractivity contribution in [1.82, 2.24) is 9.55 Å². The third-order valence-corrected chi connectivity index (χ3v) is 4.06. The maximum absolute atomic E-state index is 12.3. The molecule has 9 heteroatoms. The van der Waals surface area contributed by atoms with Crippen molar-refractivity contribution in [2.45, 2.75) is 13.8 Å². The van der Waals surface area contributed by atoms with Gasteiger partial charge < -0.3 is 15.2 Å². The molecule has 0 saturated heterocycles. The van der Waals surface area contributed by atoms with Crippen LogP contribution in [0.4, 0.5) is 11.4 Å². The molecule has 0 aliphatic rings. The van der Waals surface area contributed by atoms with E-state index in [1.807, 2.05) is 6.92 Å². The summed E-state index contributed by atoms with van der Waals surface area (Å²) in [5.74, 6) is -0.117. The summed E-state index contributed by atoms with van der Waals surface area (Å²) in [4.78, 5) is 41.9. The molecule has 0 atom stereocenters. The first-order valence-electron chi connectivity index (χ1n) is 9.12. The van der Waals surface area contributed by atoms with Crippen molar-refractivity contribution in [2.75, 3.05) is 11.9 Å². The standard InChI is InChI=1S/C21H20N4O5/c1-3-30-17-10-8-16(9-11-17)25-20(28)18(19(27)24-21(25)29)12-22-14-4-6-15(7-5-14)23-13(2)26/h4-12,28H,3H2,1-2H3,(H,23,26)(H,24,27,29). The van der Waals surface area contributed by atoms with E-state index in [1.54, 1.807) is 48.5 Å². The molecule has 9 nitrogen and oxygen atoms in total. The van der Waals surface area contributed by atoms with Gasteiger partial charge in [0, 0.05) is 18.8 Å². The number of aromatic nitrogens is 2. The lowest BCUT2D eigenvalue weighted by molar-refractivity contribution is -0.114. The summed E-state index contributed by atoms with van der Waals surface area (Å²) >= 11 is 0. The van der Waals surface area contributed by atoms with Gasteiger partial charge in [0.05, 0.1) is 18.0 Å². The topological polar surface area (TPSA) is 126 Å².